The lowest BCUT2D eigenvalue weighted by atomic mass is 10.6. The van der Waals surface area contributed by atoms with E-state index in [4.69, 9.17) is 5.11 Å². The molecule has 21 heavy (non-hydrogen) atoms. The van der Waals surface area contributed by atoms with Crippen molar-refractivity contribution in [3.05, 3.63) is 27.0 Å². The number of rotatable bonds is 6. The van der Waals surface area contributed by atoms with Gasteiger partial charge in [-0.05, 0) is 0 Å². The van der Waals surface area contributed by atoms with Crippen LogP contribution in [0.2, 0.25) is 0 Å². The van der Waals surface area contributed by atoms with Gasteiger partial charge in [0.05, 0.1) is 13.2 Å². The van der Waals surface area contributed by atoms with E-state index in [-0.39, 0.29) is 0 Å². The molecule has 0 atom stereocenters. The maximum Gasteiger partial charge on any atom is 0.330 e. The Morgan fingerprint density at radius 3 is 2.38 bits per heavy atom. The summed E-state index contributed by atoms with van der Waals surface area (Å²) in [7, 11) is -2.25. The van der Waals surface area contributed by atoms with Crippen molar-refractivity contribution >= 4 is 10.0 Å². The molecule has 0 aliphatic rings. The number of nitrogens with zero attached hydrogens (tertiary/aromatic N) is 3. The standard InChI is InChI=1S/C10H15F2N3O5S/c1-13-5-7(9(17)14(2)10(13)18)21(19,20)15(3-4-16)6-8(11)12/h5,8,16H,3-4,6H2,1-2H3. The quantitative estimate of drug-likeness (QED) is 0.673. The van der Waals surface area contributed by atoms with E-state index in [1.807, 2.05) is 0 Å². The van der Waals surface area contributed by atoms with Crippen LogP contribution in [-0.2, 0) is 24.1 Å². The largest absolute Gasteiger partial charge is 0.395 e. The first-order valence-corrected chi connectivity index (χ1v) is 7.22. The third-order valence-corrected chi connectivity index (χ3v) is 4.57. The normalized spacial score (nSPS) is 12.3. The Labute approximate surface area is 118 Å². The Morgan fingerprint density at radius 2 is 1.90 bits per heavy atom. The number of hydrogen-bond donors (Lipinski definition) is 1. The van der Waals surface area contributed by atoms with Crippen LogP contribution in [0.25, 0.3) is 0 Å². The van der Waals surface area contributed by atoms with E-state index >= 15 is 0 Å². The van der Waals surface area contributed by atoms with Crippen LogP contribution in [0.4, 0.5) is 8.78 Å². The van der Waals surface area contributed by atoms with Gasteiger partial charge < -0.3 is 9.67 Å². The van der Waals surface area contributed by atoms with Gasteiger partial charge in [0.2, 0.25) is 10.0 Å². The average molecular weight is 327 g/mol. The first-order valence-electron chi connectivity index (χ1n) is 5.78. The van der Waals surface area contributed by atoms with Crippen LogP contribution in [-0.4, -0.2) is 53.1 Å². The molecule has 0 spiro atoms. The first kappa shape index (κ1) is 17.5. The topological polar surface area (TPSA) is 102 Å². The molecule has 0 fully saturated rings. The van der Waals surface area contributed by atoms with Gasteiger partial charge >= 0.3 is 5.69 Å². The molecule has 0 saturated heterocycles. The lowest BCUT2D eigenvalue weighted by Gasteiger charge is -2.20. The predicted molar refractivity (Wildman–Crippen MR) is 68.8 cm³/mol. The van der Waals surface area contributed by atoms with Gasteiger partial charge in [0, 0.05) is 26.8 Å². The minimum Gasteiger partial charge on any atom is -0.395 e. The maximum absolute atomic E-state index is 12.5. The fourth-order valence-electron chi connectivity index (χ4n) is 1.67. The van der Waals surface area contributed by atoms with Crippen molar-refractivity contribution in [2.24, 2.45) is 14.1 Å². The summed E-state index contributed by atoms with van der Waals surface area (Å²) in [5.41, 5.74) is -1.86. The van der Waals surface area contributed by atoms with E-state index in [0.717, 1.165) is 17.8 Å². The molecule has 1 N–H and O–H groups in total. The molecule has 11 heteroatoms. The van der Waals surface area contributed by atoms with Crippen molar-refractivity contribution < 1.29 is 22.3 Å². The zero-order valence-electron chi connectivity index (χ0n) is 11.4. The molecular formula is C10H15F2N3O5S. The second kappa shape index (κ2) is 6.45. The molecule has 1 heterocycles. The highest BCUT2D eigenvalue weighted by atomic mass is 32.2. The van der Waals surface area contributed by atoms with Crippen LogP contribution >= 0.6 is 0 Å². The Morgan fingerprint density at radius 1 is 1.33 bits per heavy atom. The van der Waals surface area contributed by atoms with Gasteiger partial charge in [0.1, 0.15) is 0 Å². The number of alkyl halides is 2. The Kier molecular flexibility index (Phi) is 5.36. The molecule has 0 radical (unpaired) electrons. The van der Waals surface area contributed by atoms with Crippen molar-refractivity contribution in [2.45, 2.75) is 11.3 Å². The molecule has 0 aliphatic heterocycles. The summed E-state index contributed by atoms with van der Waals surface area (Å²) in [4.78, 5) is 22.6. The summed E-state index contributed by atoms with van der Waals surface area (Å²) in [6.45, 7) is -2.43. The Balaban J connectivity index is 3.49. The van der Waals surface area contributed by atoms with Gasteiger partial charge in [-0.3, -0.25) is 9.36 Å². The molecule has 0 bridgehead atoms. The number of aliphatic hydroxyl groups excluding tert-OH is 1. The molecule has 0 aromatic carbocycles. The fourth-order valence-corrected chi connectivity index (χ4v) is 3.22. The third kappa shape index (κ3) is 3.54. The van der Waals surface area contributed by atoms with Crippen LogP contribution in [0.1, 0.15) is 0 Å². The number of halogens is 2. The summed E-state index contributed by atoms with van der Waals surface area (Å²) in [6, 6.07) is 0. The number of hydrogen-bond acceptors (Lipinski definition) is 5. The Hall–Kier alpha value is -1.59. The summed E-state index contributed by atoms with van der Waals surface area (Å²) in [5, 5.41) is 8.79. The Bertz CT molecular complexity index is 725. The lowest BCUT2D eigenvalue weighted by Crippen LogP contribution is -2.44. The summed E-state index contributed by atoms with van der Waals surface area (Å²) < 4.78 is 51.1. The SMILES string of the molecule is Cn1cc(S(=O)(=O)N(CCO)CC(F)F)c(=O)n(C)c1=O. The molecule has 1 rings (SSSR count). The van der Waals surface area contributed by atoms with Crippen LogP contribution < -0.4 is 11.2 Å². The van der Waals surface area contributed by atoms with E-state index in [0.29, 0.717) is 8.87 Å². The monoisotopic (exact) mass is 327 g/mol. The third-order valence-electron chi connectivity index (χ3n) is 2.72. The van der Waals surface area contributed by atoms with Crippen molar-refractivity contribution in [1.29, 1.82) is 0 Å². The minimum absolute atomic E-state index is 0.304. The van der Waals surface area contributed by atoms with E-state index in [2.05, 4.69) is 0 Å². The van der Waals surface area contributed by atoms with Crippen LogP contribution in [0.3, 0.4) is 0 Å². The number of sulfonamides is 1. The van der Waals surface area contributed by atoms with Crippen molar-refractivity contribution in [3.63, 3.8) is 0 Å². The molecular weight excluding hydrogens is 312 g/mol. The van der Waals surface area contributed by atoms with Gasteiger partial charge in [0.15, 0.2) is 4.90 Å². The molecule has 0 saturated carbocycles. The molecule has 8 nitrogen and oxygen atoms in total. The van der Waals surface area contributed by atoms with Gasteiger partial charge in [-0.15, -0.1) is 0 Å². The molecule has 1 aromatic rings. The highest BCUT2D eigenvalue weighted by Gasteiger charge is 2.30. The summed E-state index contributed by atoms with van der Waals surface area (Å²) in [5.74, 6) is 0. The smallest absolute Gasteiger partial charge is 0.330 e. The van der Waals surface area contributed by atoms with E-state index < -0.39 is 52.3 Å². The lowest BCUT2D eigenvalue weighted by molar-refractivity contribution is 0.113. The highest BCUT2D eigenvalue weighted by molar-refractivity contribution is 7.89. The van der Waals surface area contributed by atoms with Gasteiger partial charge in [-0.25, -0.2) is 22.0 Å². The van der Waals surface area contributed by atoms with Gasteiger partial charge in [0.25, 0.3) is 12.0 Å². The van der Waals surface area contributed by atoms with Crippen LogP contribution in [0, 0.1) is 0 Å². The van der Waals surface area contributed by atoms with Crippen molar-refractivity contribution in [2.75, 3.05) is 19.7 Å². The minimum atomic E-state index is -4.55. The highest BCUT2D eigenvalue weighted by Crippen LogP contribution is 2.12. The zero-order chi connectivity index (χ0) is 16.4. The molecule has 0 unspecified atom stereocenters. The molecule has 1 aromatic heterocycles. The summed E-state index contributed by atoms with van der Waals surface area (Å²) in [6.07, 6.45) is -2.20. The van der Waals surface area contributed by atoms with E-state index in [1.165, 1.54) is 7.05 Å². The molecule has 0 amide bonds. The van der Waals surface area contributed by atoms with Crippen molar-refractivity contribution in [3.8, 4) is 0 Å². The molecule has 120 valence electrons. The molecule has 0 aliphatic carbocycles. The number of aryl methyl sites for hydroxylation is 1. The predicted octanol–water partition coefficient (Wildman–Crippen LogP) is -1.67. The zero-order valence-corrected chi connectivity index (χ0v) is 12.2. The number of aromatic nitrogens is 2. The second-order valence-corrected chi connectivity index (χ2v) is 6.14. The fraction of sp³-hybridized carbons (Fsp3) is 0.600. The van der Waals surface area contributed by atoms with Crippen LogP contribution in [0.15, 0.2) is 20.7 Å². The van der Waals surface area contributed by atoms with E-state index in [9.17, 15) is 26.8 Å². The number of aliphatic hydroxyl groups is 1. The second-order valence-electron chi connectivity index (χ2n) is 4.23. The van der Waals surface area contributed by atoms with Gasteiger partial charge in [-0.2, -0.15) is 4.31 Å². The van der Waals surface area contributed by atoms with Crippen molar-refractivity contribution in [1.82, 2.24) is 13.4 Å². The van der Waals surface area contributed by atoms with Gasteiger partial charge in [-0.1, -0.05) is 0 Å². The van der Waals surface area contributed by atoms with Crippen LogP contribution in [0.5, 0.6) is 0 Å². The first-order chi connectivity index (χ1) is 9.62. The average Bonchev–Trinajstić information content (AvgIpc) is 2.39. The maximum atomic E-state index is 12.5. The van der Waals surface area contributed by atoms with E-state index in [1.54, 1.807) is 0 Å². The summed E-state index contributed by atoms with van der Waals surface area (Å²) >= 11 is 0.